The summed E-state index contributed by atoms with van der Waals surface area (Å²) in [5.41, 5.74) is 3.50. The van der Waals surface area contributed by atoms with E-state index in [1.807, 2.05) is 30.3 Å². The van der Waals surface area contributed by atoms with Crippen LogP contribution in [-0.4, -0.2) is 69.3 Å². The zero-order chi connectivity index (χ0) is 27.9. The molecule has 40 heavy (non-hydrogen) atoms. The van der Waals surface area contributed by atoms with Crippen molar-refractivity contribution in [2.24, 2.45) is 0 Å². The topological polar surface area (TPSA) is 121 Å². The number of nitrogens with zero attached hydrogens (tertiary/aromatic N) is 2. The van der Waals surface area contributed by atoms with E-state index in [-0.39, 0.29) is 32.5 Å². The van der Waals surface area contributed by atoms with Crippen molar-refractivity contribution in [2.45, 2.75) is 62.9 Å². The minimum Gasteiger partial charge on any atom is -0.491 e. The molecule has 1 saturated heterocycles. The van der Waals surface area contributed by atoms with Crippen molar-refractivity contribution in [3.05, 3.63) is 53.6 Å². The molecule has 1 aliphatic carbocycles. The summed E-state index contributed by atoms with van der Waals surface area (Å²) >= 11 is 0. The van der Waals surface area contributed by atoms with Gasteiger partial charge in [0.25, 0.3) is 5.91 Å². The largest absolute Gasteiger partial charge is 0.491 e. The fourth-order valence-corrected chi connectivity index (χ4v) is 6.85. The Morgan fingerprint density at radius 1 is 0.975 bits per heavy atom. The van der Waals surface area contributed by atoms with Crippen LogP contribution in [0, 0.1) is 0 Å². The monoisotopic (exact) mass is 545 g/mol. The first-order valence-electron chi connectivity index (χ1n) is 14.2. The molecule has 1 saturated carbocycles. The summed E-state index contributed by atoms with van der Waals surface area (Å²) in [5, 5.41) is 23.1. The number of nitrogens with one attached hydrogen (secondary N) is 1. The lowest BCUT2D eigenvalue weighted by molar-refractivity contribution is -0.147. The van der Waals surface area contributed by atoms with Crippen LogP contribution in [0.1, 0.15) is 66.8 Å². The van der Waals surface area contributed by atoms with Gasteiger partial charge in [-0.25, -0.2) is 4.79 Å². The zero-order valence-electron chi connectivity index (χ0n) is 22.5. The molecule has 2 aromatic carbocycles. The normalized spacial score (nSPS) is 19.2. The van der Waals surface area contributed by atoms with E-state index in [2.05, 4.69) is 16.0 Å². The first kappa shape index (κ1) is 26.4. The molecule has 0 unspecified atom stereocenters. The van der Waals surface area contributed by atoms with E-state index in [0.29, 0.717) is 24.6 Å². The van der Waals surface area contributed by atoms with E-state index in [9.17, 15) is 19.5 Å². The van der Waals surface area contributed by atoms with Crippen LogP contribution in [0.25, 0.3) is 22.2 Å². The predicted octanol–water partition coefficient (Wildman–Crippen LogP) is 4.48. The number of carboxylic acid groups (broad SMARTS) is 2. The van der Waals surface area contributed by atoms with Crippen molar-refractivity contribution in [3.8, 4) is 17.0 Å². The second-order valence-corrected chi connectivity index (χ2v) is 11.3. The number of amides is 1. The minimum absolute atomic E-state index is 0.143. The molecular formula is C31H35N3O6. The SMILES string of the molecule is O=C(O)CN1CCC(NC(=O)c2ccc3c(C4CCCCC4)c4n(c3c2)CCOc2ccccc2-4)(C(=O)O)CC1. The lowest BCUT2D eigenvalue weighted by atomic mass is 9.81. The van der Waals surface area contributed by atoms with Gasteiger partial charge in [-0.05, 0) is 61.4 Å². The van der Waals surface area contributed by atoms with E-state index in [1.54, 1.807) is 11.0 Å². The molecule has 0 spiro atoms. The molecule has 0 atom stereocenters. The van der Waals surface area contributed by atoms with Crippen LogP contribution in [0.3, 0.4) is 0 Å². The molecule has 210 valence electrons. The Morgan fingerprint density at radius 3 is 2.45 bits per heavy atom. The second-order valence-electron chi connectivity index (χ2n) is 11.3. The van der Waals surface area contributed by atoms with Crippen LogP contribution < -0.4 is 10.1 Å². The average molecular weight is 546 g/mol. The summed E-state index contributed by atoms with van der Waals surface area (Å²) < 4.78 is 8.40. The van der Waals surface area contributed by atoms with E-state index < -0.39 is 23.4 Å². The van der Waals surface area contributed by atoms with Gasteiger partial charge in [-0.2, -0.15) is 0 Å². The van der Waals surface area contributed by atoms with Gasteiger partial charge in [0.1, 0.15) is 17.9 Å². The Kier molecular flexibility index (Phi) is 7.00. The summed E-state index contributed by atoms with van der Waals surface area (Å²) in [6, 6.07) is 13.9. The highest BCUT2D eigenvalue weighted by molar-refractivity contribution is 6.03. The van der Waals surface area contributed by atoms with E-state index in [1.165, 1.54) is 30.5 Å². The Labute approximate surface area is 232 Å². The Bertz CT molecular complexity index is 1460. The summed E-state index contributed by atoms with van der Waals surface area (Å²) in [6.45, 7) is 1.60. The van der Waals surface area contributed by atoms with Crippen molar-refractivity contribution in [1.29, 1.82) is 0 Å². The Hall–Kier alpha value is -3.85. The molecule has 2 fully saturated rings. The molecule has 1 aromatic heterocycles. The van der Waals surface area contributed by atoms with Crippen molar-refractivity contribution < 1.29 is 29.3 Å². The zero-order valence-corrected chi connectivity index (χ0v) is 22.5. The number of carbonyl (C=O) groups excluding carboxylic acids is 1. The maximum atomic E-state index is 13.6. The third kappa shape index (κ3) is 4.72. The first-order valence-corrected chi connectivity index (χ1v) is 14.2. The Balaban J connectivity index is 1.38. The van der Waals surface area contributed by atoms with E-state index in [0.717, 1.165) is 35.1 Å². The molecule has 9 nitrogen and oxygen atoms in total. The Morgan fingerprint density at radius 2 is 1.73 bits per heavy atom. The molecule has 0 radical (unpaired) electrons. The molecule has 3 aliphatic rings. The number of likely N-dealkylation sites (tertiary alicyclic amines) is 1. The highest BCUT2D eigenvalue weighted by atomic mass is 16.5. The summed E-state index contributed by atoms with van der Waals surface area (Å²) in [4.78, 5) is 38.7. The number of hydrogen-bond acceptors (Lipinski definition) is 5. The molecular weight excluding hydrogens is 510 g/mol. The van der Waals surface area contributed by atoms with Crippen molar-refractivity contribution in [1.82, 2.24) is 14.8 Å². The van der Waals surface area contributed by atoms with Crippen LogP contribution >= 0.6 is 0 Å². The van der Waals surface area contributed by atoms with Crippen LogP contribution in [-0.2, 0) is 16.1 Å². The van der Waals surface area contributed by atoms with Gasteiger partial charge in [0.2, 0.25) is 0 Å². The molecule has 3 aromatic rings. The number of benzene rings is 2. The fourth-order valence-electron chi connectivity index (χ4n) is 6.85. The van der Waals surface area contributed by atoms with Gasteiger partial charge >= 0.3 is 11.9 Å². The van der Waals surface area contributed by atoms with Gasteiger partial charge in [0.05, 0.1) is 18.8 Å². The lowest BCUT2D eigenvalue weighted by Crippen LogP contribution is -2.60. The number of para-hydroxylation sites is 1. The third-order valence-corrected chi connectivity index (χ3v) is 8.92. The van der Waals surface area contributed by atoms with Gasteiger partial charge < -0.3 is 24.8 Å². The smallest absolute Gasteiger partial charge is 0.329 e. The quantitative estimate of drug-likeness (QED) is 0.418. The van der Waals surface area contributed by atoms with E-state index in [4.69, 9.17) is 9.84 Å². The number of ether oxygens (including phenoxy) is 1. The summed E-state index contributed by atoms with van der Waals surface area (Å²) in [7, 11) is 0. The number of hydrogen-bond donors (Lipinski definition) is 3. The minimum atomic E-state index is -1.43. The van der Waals surface area contributed by atoms with Crippen molar-refractivity contribution in [2.75, 3.05) is 26.2 Å². The first-order chi connectivity index (χ1) is 19.4. The van der Waals surface area contributed by atoms with Gasteiger partial charge in [-0.15, -0.1) is 0 Å². The molecule has 9 heteroatoms. The summed E-state index contributed by atoms with van der Waals surface area (Å²) in [5.74, 6) is -1.17. The van der Waals surface area contributed by atoms with Crippen LogP contribution in [0.4, 0.5) is 0 Å². The molecule has 3 heterocycles. The maximum Gasteiger partial charge on any atom is 0.329 e. The number of aromatic nitrogens is 1. The number of rotatable bonds is 6. The number of carbonyl (C=O) groups is 3. The number of piperidine rings is 1. The van der Waals surface area contributed by atoms with E-state index >= 15 is 0 Å². The van der Waals surface area contributed by atoms with Crippen LogP contribution in [0.5, 0.6) is 5.75 Å². The average Bonchev–Trinajstić information content (AvgIpc) is 3.15. The number of aliphatic carboxylic acids is 2. The maximum absolute atomic E-state index is 13.6. The standard InChI is InChI=1S/C31H35N3O6/c35-26(36)19-33-14-12-31(13-15-33,30(38)39)32-29(37)21-10-11-22-24(18-21)34-16-17-40-25-9-5-4-8-23(25)28(34)27(22)20-6-2-1-3-7-20/h4-5,8-11,18,20H,1-3,6-7,12-17,19H2,(H,32,37)(H,35,36)(H,38,39). The molecule has 1 amide bonds. The van der Waals surface area contributed by atoms with Gasteiger partial charge in [-0.1, -0.05) is 37.5 Å². The fraction of sp³-hybridized carbons (Fsp3) is 0.452. The highest BCUT2D eigenvalue weighted by Crippen LogP contribution is 2.47. The van der Waals surface area contributed by atoms with Crippen molar-refractivity contribution >= 4 is 28.7 Å². The van der Waals surface area contributed by atoms with Crippen LogP contribution in [0.15, 0.2) is 42.5 Å². The predicted molar refractivity (Wildman–Crippen MR) is 150 cm³/mol. The lowest BCUT2D eigenvalue weighted by Gasteiger charge is -2.38. The molecule has 6 rings (SSSR count). The number of carboxylic acids is 2. The van der Waals surface area contributed by atoms with Gasteiger partial charge in [0, 0.05) is 35.1 Å². The van der Waals surface area contributed by atoms with Crippen LogP contribution in [0.2, 0.25) is 0 Å². The second kappa shape index (κ2) is 10.6. The van der Waals surface area contributed by atoms with Gasteiger partial charge in [-0.3, -0.25) is 14.5 Å². The third-order valence-electron chi connectivity index (χ3n) is 8.92. The molecule has 2 aliphatic heterocycles. The van der Waals surface area contributed by atoms with Gasteiger partial charge in [0.15, 0.2) is 0 Å². The number of fused-ring (bicyclic) bond motifs is 5. The molecule has 0 bridgehead atoms. The summed E-state index contributed by atoms with van der Waals surface area (Å²) in [6.07, 6.45) is 6.23. The highest BCUT2D eigenvalue weighted by Gasteiger charge is 2.43. The molecule has 3 N–H and O–H groups in total. The van der Waals surface area contributed by atoms with Crippen molar-refractivity contribution in [3.63, 3.8) is 0 Å².